The second-order valence-corrected chi connectivity index (χ2v) is 6.25. The summed E-state index contributed by atoms with van der Waals surface area (Å²) in [5.41, 5.74) is 1.02. The second kappa shape index (κ2) is 6.41. The van der Waals surface area contributed by atoms with Crippen molar-refractivity contribution in [2.24, 2.45) is 5.92 Å². The predicted molar refractivity (Wildman–Crippen MR) is 90.7 cm³/mol. The van der Waals surface area contributed by atoms with Gasteiger partial charge >= 0.3 is 5.63 Å². The molecule has 120 valence electrons. The van der Waals surface area contributed by atoms with Gasteiger partial charge in [-0.1, -0.05) is 31.2 Å². The Hall–Kier alpha value is -2.36. The summed E-state index contributed by atoms with van der Waals surface area (Å²) >= 11 is 0. The van der Waals surface area contributed by atoms with Crippen molar-refractivity contribution in [2.75, 3.05) is 13.1 Å². The minimum atomic E-state index is -0.558. The van der Waals surface area contributed by atoms with Crippen molar-refractivity contribution < 1.29 is 9.21 Å². The Labute approximate surface area is 135 Å². The highest BCUT2D eigenvalue weighted by Crippen LogP contribution is 2.21. The third-order valence-corrected chi connectivity index (χ3v) is 4.51. The minimum absolute atomic E-state index is 0.128. The molecular weight excluding hydrogens is 290 g/mol. The van der Waals surface area contributed by atoms with Crippen LogP contribution in [0.4, 0.5) is 0 Å². The summed E-state index contributed by atoms with van der Waals surface area (Å²) in [5, 5.41) is 0.776. The molecule has 1 saturated heterocycles. The van der Waals surface area contributed by atoms with Crippen LogP contribution in [-0.2, 0) is 6.42 Å². The number of fused-ring (bicyclic) bond motifs is 1. The lowest BCUT2D eigenvalue weighted by atomic mass is 9.98. The van der Waals surface area contributed by atoms with Gasteiger partial charge in [-0.15, -0.1) is 6.58 Å². The van der Waals surface area contributed by atoms with Crippen molar-refractivity contribution in [1.82, 2.24) is 4.90 Å². The van der Waals surface area contributed by atoms with Gasteiger partial charge in [0.25, 0.3) is 5.91 Å². The van der Waals surface area contributed by atoms with Gasteiger partial charge in [0.15, 0.2) is 0 Å². The fourth-order valence-corrected chi connectivity index (χ4v) is 3.05. The monoisotopic (exact) mass is 311 g/mol. The minimum Gasteiger partial charge on any atom is -0.422 e. The molecule has 1 aliphatic rings. The van der Waals surface area contributed by atoms with Crippen molar-refractivity contribution in [1.29, 1.82) is 0 Å². The Balaban J connectivity index is 1.98. The standard InChI is InChI=1S/C19H21NO3/c1-3-5-14-6-4-7-15-12-16(19(22)23-17(14)15)18(21)20-10-8-13(2)9-11-20/h3-4,6-7,12-13H,1,5,8-11H2,2H3. The Kier molecular flexibility index (Phi) is 4.33. The van der Waals surface area contributed by atoms with Gasteiger partial charge in [-0.25, -0.2) is 4.79 Å². The summed E-state index contributed by atoms with van der Waals surface area (Å²) in [6.07, 6.45) is 4.35. The molecule has 2 heterocycles. The molecule has 1 aliphatic heterocycles. The first-order valence-corrected chi connectivity index (χ1v) is 8.06. The van der Waals surface area contributed by atoms with E-state index >= 15 is 0 Å². The molecule has 0 N–H and O–H groups in total. The second-order valence-electron chi connectivity index (χ2n) is 6.25. The lowest BCUT2D eigenvalue weighted by molar-refractivity contribution is 0.0693. The maximum atomic E-state index is 12.6. The summed E-state index contributed by atoms with van der Waals surface area (Å²) in [4.78, 5) is 26.7. The van der Waals surface area contributed by atoms with Crippen molar-refractivity contribution in [3.8, 4) is 0 Å². The molecule has 0 unspecified atom stereocenters. The molecular formula is C19H21NO3. The zero-order valence-electron chi connectivity index (χ0n) is 13.4. The van der Waals surface area contributed by atoms with Crippen LogP contribution in [0.1, 0.15) is 35.7 Å². The summed E-state index contributed by atoms with van der Waals surface area (Å²) in [6.45, 7) is 7.31. The molecule has 23 heavy (non-hydrogen) atoms. The molecule has 0 atom stereocenters. The van der Waals surface area contributed by atoms with E-state index in [1.165, 1.54) is 0 Å². The van der Waals surface area contributed by atoms with Crippen LogP contribution < -0.4 is 5.63 Å². The molecule has 1 aromatic carbocycles. The predicted octanol–water partition coefficient (Wildman–Crippen LogP) is 3.39. The Bertz CT molecular complexity index is 798. The maximum Gasteiger partial charge on any atom is 0.349 e. The highest BCUT2D eigenvalue weighted by atomic mass is 16.4. The SMILES string of the molecule is C=CCc1cccc2cc(C(=O)N3CCC(C)CC3)c(=O)oc12. The number of hydrogen-bond donors (Lipinski definition) is 0. The normalized spacial score (nSPS) is 15.8. The first kappa shape index (κ1) is 15.5. The lowest BCUT2D eigenvalue weighted by Gasteiger charge is -2.30. The Morgan fingerprint density at radius 1 is 1.39 bits per heavy atom. The molecule has 1 aromatic heterocycles. The van der Waals surface area contributed by atoms with Crippen molar-refractivity contribution >= 4 is 16.9 Å². The Morgan fingerprint density at radius 2 is 2.13 bits per heavy atom. The van der Waals surface area contributed by atoms with E-state index in [0.29, 0.717) is 31.0 Å². The topological polar surface area (TPSA) is 50.5 Å². The van der Waals surface area contributed by atoms with E-state index < -0.39 is 5.63 Å². The average Bonchev–Trinajstić information content (AvgIpc) is 2.55. The molecule has 0 bridgehead atoms. The van der Waals surface area contributed by atoms with Crippen LogP contribution in [0.3, 0.4) is 0 Å². The quantitative estimate of drug-likeness (QED) is 0.645. The van der Waals surface area contributed by atoms with E-state index in [1.54, 1.807) is 17.0 Å². The molecule has 0 radical (unpaired) electrons. The van der Waals surface area contributed by atoms with Gasteiger partial charge in [-0.2, -0.15) is 0 Å². The number of para-hydroxylation sites is 1. The molecule has 3 rings (SSSR count). The number of amides is 1. The summed E-state index contributed by atoms with van der Waals surface area (Å²) in [5.74, 6) is 0.412. The van der Waals surface area contributed by atoms with Gasteiger partial charge < -0.3 is 9.32 Å². The number of benzene rings is 1. The Morgan fingerprint density at radius 3 is 2.83 bits per heavy atom. The third-order valence-electron chi connectivity index (χ3n) is 4.51. The van der Waals surface area contributed by atoms with Gasteiger partial charge in [-0.3, -0.25) is 4.79 Å². The number of nitrogens with zero attached hydrogens (tertiary/aromatic N) is 1. The maximum absolute atomic E-state index is 12.6. The van der Waals surface area contributed by atoms with E-state index in [0.717, 1.165) is 23.8 Å². The van der Waals surface area contributed by atoms with Crippen molar-refractivity contribution in [3.05, 3.63) is 58.5 Å². The van der Waals surface area contributed by atoms with Gasteiger partial charge in [0.05, 0.1) is 0 Å². The van der Waals surface area contributed by atoms with E-state index in [-0.39, 0.29) is 11.5 Å². The van der Waals surface area contributed by atoms with Crippen LogP contribution >= 0.6 is 0 Å². The number of piperidine rings is 1. The van der Waals surface area contributed by atoms with E-state index in [9.17, 15) is 9.59 Å². The van der Waals surface area contributed by atoms with Gasteiger partial charge in [0, 0.05) is 18.5 Å². The first-order valence-electron chi connectivity index (χ1n) is 8.06. The molecule has 1 amide bonds. The van der Waals surface area contributed by atoms with Crippen LogP contribution in [0.2, 0.25) is 0 Å². The number of carbonyl (C=O) groups excluding carboxylic acids is 1. The van der Waals surface area contributed by atoms with Crippen molar-refractivity contribution in [3.63, 3.8) is 0 Å². The zero-order valence-corrected chi connectivity index (χ0v) is 13.4. The van der Waals surface area contributed by atoms with Gasteiger partial charge in [0.2, 0.25) is 0 Å². The number of hydrogen-bond acceptors (Lipinski definition) is 3. The van der Waals surface area contributed by atoms with Crippen LogP contribution in [0.15, 0.2) is 46.1 Å². The number of allylic oxidation sites excluding steroid dienone is 1. The zero-order chi connectivity index (χ0) is 16.4. The van der Waals surface area contributed by atoms with E-state index in [4.69, 9.17) is 4.42 Å². The van der Waals surface area contributed by atoms with Crippen LogP contribution in [-0.4, -0.2) is 23.9 Å². The summed E-state index contributed by atoms with van der Waals surface area (Å²) < 4.78 is 5.46. The number of likely N-dealkylation sites (tertiary alicyclic amines) is 1. The molecule has 4 nitrogen and oxygen atoms in total. The third kappa shape index (κ3) is 3.07. The molecule has 0 spiro atoms. The number of rotatable bonds is 3. The molecule has 4 heteroatoms. The lowest BCUT2D eigenvalue weighted by Crippen LogP contribution is -2.39. The molecule has 1 fully saturated rings. The largest absolute Gasteiger partial charge is 0.422 e. The fraction of sp³-hybridized carbons (Fsp3) is 0.368. The smallest absolute Gasteiger partial charge is 0.349 e. The molecule has 0 saturated carbocycles. The van der Waals surface area contributed by atoms with Crippen LogP contribution in [0.5, 0.6) is 0 Å². The van der Waals surface area contributed by atoms with Gasteiger partial charge in [-0.05, 0) is 36.8 Å². The summed E-state index contributed by atoms with van der Waals surface area (Å²) in [7, 11) is 0. The van der Waals surface area contributed by atoms with Crippen molar-refractivity contribution in [2.45, 2.75) is 26.2 Å². The van der Waals surface area contributed by atoms with E-state index in [2.05, 4.69) is 13.5 Å². The first-order chi connectivity index (χ1) is 11.1. The van der Waals surface area contributed by atoms with Crippen LogP contribution in [0.25, 0.3) is 11.0 Å². The molecule has 0 aliphatic carbocycles. The highest BCUT2D eigenvalue weighted by Gasteiger charge is 2.24. The van der Waals surface area contributed by atoms with Gasteiger partial charge in [0.1, 0.15) is 11.1 Å². The van der Waals surface area contributed by atoms with Crippen LogP contribution in [0, 0.1) is 5.92 Å². The number of carbonyl (C=O) groups is 1. The average molecular weight is 311 g/mol. The summed E-state index contributed by atoms with van der Waals surface area (Å²) in [6, 6.07) is 7.33. The highest BCUT2D eigenvalue weighted by molar-refractivity contribution is 5.97. The van der Waals surface area contributed by atoms with E-state index in [1.807, 2.05) is 18.2 Å². The fourth-order valence-electron chi connectivity index (χ4n) is 3.05. The molecule has 2 aromatic rings.